The smallest absolute Gasteiger partial charge is 0.228 e. The zero-order chi connectivity index (χ0) is 17.8. The van der Waals surface area contributed by atoms with Gasteiger partial charge in [-0.1, -0.05) is 17.8 Å². The van der Waals surface area contributed by atoms with Crippen molar-refractivity contribution in [3.05, 3.63) is 35.5 Å². The molecule has 1 aliphatic rings. The molecular weight excluding hydrogens is 368 g/mol. The summed E-state index contributed by atoms with van der Waals surface area (Å²) < 4.78 is 7.60. The van der Waals surface area contributed by atoms with Gasteiger partial charge in [-0.3, -0.25) is 9.55 Å². The molecule has 3 aromatic rings. The molecule has 1 saturated heterocycles. The van der Waals surface area contributed by atoms with Crippen molar-refractivity contribution < 1.29 is 4.74 Å². The highest BCUT2D eigenvalue weighted by Crippen LogP contribution is 2.28. The minimum atomic E-state index is 0.744. The molecule has 0 atom stereocenters. The summed E-state index contributed by atoms with van der Waals surface area (Å²) in [5, 5.41) is 12.8. The molecule has 0 aliphatic carbocycles. The van der Waals surface area contributed by atoms with E-state index in [-0.39, 0.29) is 0 Å². The highest BCUT2D eigenvalue weighted by Gasteiger charge is 2.20. The van der Waals surface area contributed by atoms with E-state index in [0.717, 1.165) is 66.1 Å². The molecule has 0 radical (unpaired) electrons. The molecule has 3 aromatic heterocycles. The quantitative estimate of drug-likeness (QED) is 0.601. The first kappa shape index (κ1) is 17.4. The van der Waals surface area contributed by atoms with Gasteiger partial charge in [0.05, 0.1) is 24.6 Å². The molecule has 1 aliphatic heterocycles. The standard InChI is InChI=1S/C17H20N6OS2/c1-2-23-16(22-7-9-24-10-8-22)20-21-17(23)26-12-13-11-25-15(19-13)14-5-3-4-6-18-14/h3-6,11H,2,7-10,12H2,1H3. The van der Waals surface area contributed by atoms with Crippen molar-refractivity contribution in [2.24, 2.45) is 0 Å². The number of morpholine rings is 1. The first-order valence-corrected chi connectivity index (χ1v) is 10.5. The minimum absolute atomic E-state index is 0.744. The van der Waals surface area contributed by atoms with Gasteiger partial charge in [-0.05, 0) is 19.1 Å². The number of ether oxygens (including phenoxy) is 1. The Morgan fingerprint density at radius 2 is 2.12 bits per heavy atom. The molecule has 0 N–H and O–H groups in total. The average molecular weight is 389 g/mol. The Morgan fingerprint density at radius 1 is 1.23 bits per heavy atom. The van der Waals surface area contributed by atoms with Crippen LogP contribution in [0, 0.1) is 0 Å². The maximum Gasteiger partial charge on any atom is 0.228 e. The van der Waals surface area contributed by atoms with E-state index in [9.17, 15) is 0 Å². The lowest BCUT2D eigenvalue weighted by atomic mass is 10.4. The van der Waals surface area contributed by atoms with Crippen LogP contribution < -0.4 is 4.90 Å². The van der Waals surface area contributed by atoms with Crippen molar-refractivity contribution in [2.45, 2.75) is 24.4 Å². The predicted molar refractivity (Wildman–Crippen MR) is 104 cm³/mol. The molecule has 0 spiro atoms. The maximum absolute atomic E-state index is 5.43. The van der Waals surface area contributed by atoms with Crippen LogP contribution >= 0.6 is 23.1 Å². The Balaban J connectivity index is 1.45. The Hall–Kier alpha value is -1.97. The number of hydrogen-bond donors (Lipinski definition) is 0. The first-order chi connectivity index (χ1) is 12.8. The van der Waals surface area contributed by atoms with Crippen molar-refractivity contribution in [3.8, 4) is 10.7 Å². The van der Waals surface area contributed by atoms with Gasteiger partial charge in [-0.15, -0.1) is 21.5 Å². The lowest BCUT2D eigenvalue weighted by molar-refractivity contribution is 0.121. The molecule has 0 unspecified atom stereocenters. The molecule has 7 nitrogen and oxygen atoms in total. The monoisotopic (exact) mass is 388 g/mol. The number of pyridine rings is 1. The molecule has 4 rings (SSSR count). The molecule has 0 bridgehead atoms. The van der Waals surface area contributed by atoms with Gasteiger partial charge in [0, 0.05) is 37.0 Å². The van der Waals surface area contributed by atoms with Gasteiger partial charge in [0.25, 0.3) is 0 Å². The van der Waals surface area contributed by atoms with Gasteiger partial charge in [-0.2, -0.15) is 0 Å². The third-order valence-electron chi connectivity index (χ3n) is 4.09. The Labute approximate surface area is 160 Å². The van der Waals surface area contributed by atoms with Crippen molar-refractivity contribution >= 4 is 29.0 Å². The summed E-state index contributed by atoms with van der Waals surface area (Å²) in [4.78, 5) is 11.3. The third kappa shape index (κ3) is 3.74. The summed E-state index contributed by atoms with van der Waals surface area (Å²) in [6.07, 6.45) is 1.79. The van der Waals surface area contributed by atoms with Crippen LogP contribution in [0.1, 0.15) is 12.6 Å². The molecule has 0 amide bonds. The number of hydrogen-bond acceptors (Lipinski definition) is 8. The zero-order valence-electron chi connectivity index (χ0n) is 14.5. The number of thioether (sulfide) groups is 1. The molecule has 1 fully saturated rings. The minimum Gasteiger partial charge on any atom is -0.378 e. The van der Waals surface area contributed by atoms with E-state index in [1.54, 1.807) is 29.3 Å². The summed E-state index contributed by atoms with van der Waals surface area (Å²) in [7, 11) is 0. The Morgan fingerprint density at radius 3 is 2.88 bits per heavy atom. The van der Waals surface area contributed by atoms with Crippen molar-refractivity contribution in [1.29, 1.82) is 0 Å². The maximum atomic E-state index is 5.43. The van der Waals surface area contributed by atoms with E-state index in [4.69, 9.17) is 9.72 Å². The van der Waals surface area contributed by atoms with E-state index in [1.165, 1.54) is 0 Å². The number of nitrogens with zero attached hydrogens (tertiary/aromatic N) is 6. The van der Waals surface area contributed by atoms with E-state index in [2.05, 4.69) is 37.0 Å². The zero-order valence-corrected chi connectivity index (χ0v) is 16.2. The van der Waals surface area contributed by atoms with Crippen LogP contribution in [0.5, 0.6) is 0 Å². The fraction of sp³-hybridized carbons (Fsp3) is 0.412. The predicted octanol–water partition coefficient (Wildman–Crippen LogP) is 2.95. The lowest BCUT2D eigenvalue weighted by Crippen LogP contribution is -2.38. The van der Waals surface area contributed by atoms with Crippen molar-refractivity contribution in [1.82, 2.24) is 24.7 Å². The highest BCUT2D eigenvalue weighted by molar-refractivity contribution is 7.98. The molecular formula is C17H20N6OS2. The van der Waals surface area contributed by atoms with E-state index in [1.807, 2.05) is 18.2 Å². The van der Waals surface area contributed by atoms with Gasteiger partial charge in [0.2, 0.25) is 5.95 Å². The highest BCUT2D eigenvalue weighted by atomic mass is 32.2. The Bertz CT molecular complexity index is 844. The summed E-state index contributed by atoms with van der Waals surface area (Å²) in [6, 6.07) is 5.88. The van der Waals surface area contributed by atoms with Gasteiger partial charge in [0.1, 0.15) is 5.01 Å². The van der Waals surface area contributed by atoms with Gasteiger partial charge in [0.15, 0.2) is 5.16 Å². The number of thiazole rings is 1. The van der Waals surface area contributed by atoms with Crippen molar-refractivity contribution in [3.63, 3.8) is 0 Å². The second-order valence-corrected chi connectivity index (χ2v) is 7.57. The summed E-state index contributed by atoms with van der Waals surface area (Å²) in [5.41, 5.74) is 1.96. The largest absolute Gasteiger partial charge is 0.378 e. The molecule has 26 heavy (non-hydrogen) atoms. The first-order valence-electron chi connectivity index (χ1n) is 8.59. The second kappa shape index (κ2) is 8.15. The number of anilines is 1. The van der Waals surface area contributed by atoms with Crippen molar-refractivity contribution in [2.75, 3.05) is 31.2 Å². The summed E-state index contributed by atoms with van der Waals surface area (Å²) in [5.74, 6) is 1.70. The normalized spacial score (nSPS) is 14.7. The van der Waals surface area contributed by atoms with Crippen LogP contribution in [0.2, 0.25) is 0 Å². The van der Waals surface area contributed by atoms with Crippen LogP contribution in [-0.2, 0) is 17.0 Å². The summed E-state index contributed by atoms with van der Waals surface area (Å²) >= 11 is 3.30. The van der Waals surface area contributed by atoms with Crippen LogP contribution in [-0.4, -0.2) is 51.0 Å². The number of aromatic nitrogens is 5. The molecule has 0 saturated carbocycles. The molecule has 4 heterocycles. The summed E-state index contributed by atoms with van der Waals surface area (Å²) in [6.45, 7) is 6.19. The van der Waals surface area contributed by atoms with Crippen LogP contribution in [0.15, 0.2) is 34.9 Å². The van der Waals surface area contributed by atoms with E-state index < -0.39 is 0 Å². The van der Waals surface area contributed by atoms with E-state index >= 15 is 0 Å². The second-order valence-electron chi connectivity index (χ2n) is 5.77. The molecule has 0 aromatic carbocycles. The SMILES string of the molecule is CCn1c(SCc2csc(-c3ccccn3)n2)nnc1N1CCOCC1. The van der Waals surface area contributed by atoms with Gasteiger partial charge >= 0.3 is 0 Å². The Kier molecular flexibility index (Phi) is 5.47. The molecule has 136 valence electrons. The molecule has 9 heteroatoms. The average Bonchev–Trinajstić information content (AvgIpc) is 3.34. The third-order valence-corrected chi connectivity index (χ3v) is 6.01. The fourth-order valence-corrected chi connectivity index (χ4v) is 4.57. The van der Waals surface area contributed by atoms with Crippen LogP contribution in [0.25, 0.3) is 10.7 Å². The fourth-order valence-electron chi connectivity index (χ4n) is 2.78. The van der Waals surface area contributed by atoms with Crippen LogP contribution in [0.4, 0.5) is 5.95 Å². The topological polar surface area (TPSA) is 69.0 Å². The number of rotatable bonds is 6. The van der Waals surface area contributed by atoms with E-state index in [0.29, 0.717) is 0 Å². The van der Waals surface area contributed by atoms with Gasteiger partial charge < -0.3 is 9.64 Å². The van der Waals surface area contributed by atoms with Gasteiger partial charge in [-0.25, -0.2) is 4.98 Å². The lowest BCUT2D eigenvalue weighted by Gasteiger charge is -2.27. The van der Waals surface area contributed by atoms with Crippen LogP contribution in [0.3, 0.4) is 0 Å².